The fourth-order valence-corrected chi connectivity index (χ4v) is 3.68. The van der Waals surface area contributed by atoms with Crippen LogP contribution >= 0.6 is 11.6 Å². The van der Waals surface area contributed by atoms with Gasteiger partial charge >= 0.3 is 0 Å². The monoisotopic (exact) mass is 380 g/mol. The maximum absolute atomic E-state index is 13.0. The molecule has 0 N–H and O–H groups in total. The number of benzene rings is 2. The predicted octanol–water partition coefficient (Wildman–Crippen LogP) is 4.21. The van der Waals surface area contributed by atoms with Gasteiger partial charge in [0.25, 0.3) is 0 Å². The van der Waals surface area contributed by atoms with E-state index in [9.17, 15) is 12.8 Å². The number of aromatic nitrogens is 2. The summed E-state index contributed by atoms with van der Waals surface area (Å²) >= 11 is 5.83. The van der Waals surface area contributed by atoms with Gasteiger partial charge in [-0.05, 0) is 48.9 Å². The summed E-state index contributed by atoms with van der Waals surface area (Å²) in [7, 11) is -3.59. The SMILES string of the molecule is CC(c1ccc(F)cc1)S(=O)(=O)Cc1nc(-c2ccc(Cl)cc2)no1. The molecule has 1 atom stereocenters. The standard InChI is InChI=1S/C17H14ClFN2O3S/c1-11(12-4-8-15(19)9-5-12)25(22,23)10-16-20-17(21-24-16)13-2-6-14(18)7-3-13/h2-9,11H,10H2,1H3. The van der Waals surface area contributed by atoms with Crippen molar-refractivity contribution in [2.24, 2.45) is 0 Å². The van der Waals surface area contributed by atoms with Crippen molar-refractivity contribution in [3.05, 3.63) is 70.8 Å². The Morgan fingerprint density at radius 3 is 2.40 bits per heavy atom. The molecule has 0 saturated carbocycles. The van der Waals surface area contributed by atoms with Gasteiger partial charge in [0, 0.05) is 10.6 Å². The molecule has 130 valence electrons. The molecule has 0 bridgehead atoms. The molecule has 0 aliphatic heterocycles. The molecule has 0 aliphatic carbocycles. The fourth-order valence-electron chi connectivity index (χ4n) is 2.27. The predicted molar refractivity (Wildman–Crippen MR) is 92.2 cm³/mol. The first-order chi connectivity index (χ1) is 11.8. The molecule has 0 aliphatic rings. The molecule has 8 heteroatoms. The summed E-state index contributed by atoms with van der Waals surface area (Å²) in [5.74, 6) is -0.528. The third kappa shape index (κ3) is 4.05. The Bertz CT molecular complexity index is 970. The third-order valence-corrected chi connectivity index (χ3v) is 6.02. The van der Waals surface area contributed by atoms with E-state index in [-0.39, 0.29) is 11.7 Å². The highest BCUT2D eigenvalue weighted by Gasteiger charge is 2.26. The van der Waals surface area contributed by atoms with Crippen LogP contribution in [0.4, 0.5) is 4.39 Å². The third-order valence-electron chi connectivity index (χ3n) is 3.77. The molecule has 1 aromatic heterocycles. The van der Waals surface area contributed by atoms with Gasteiger partial charge in [-0.25, -0.2) is 12.8 Å². The fraction of sp³-hybridized carbons (Fsp3) is 0.176. The molecule has 5 nitrogen and oxygen atoms in total. The van der Waals surface area contributed by atoms with Crippen molar-refractivity contribution in [2.45, 2.75) is 17.9 Å². The zero-order chi connectivity index (χ0) is 18.0. The van der Waals surface area contributed by atoms with Gasteiger partial charge < -0.3 is 4.52 Å². The average Bonchev–Trinajstić information content (AvgIpc) is 3.03. The number of hydrogen-bond acceptors (Lipinski definition) is 5. The summed E-state index contributed by atoms with van der Waals surface area (Å²) in [4.78, 5) is 4.13. The molecule has 0 fully saturated rings. The van der Waals surface area contributed by atoms with Crippen LogP contribution in [-0.2, 0) is 15.6 Å². The van der Waals surface area contributed by atoms with E-state index in [1.807, 2.05) is 0 Å². The van der Waals surface area contributed by atoms with Gasteiger partial charge in [0.15, 0.2) is 9.84 Å². The van der Waals surface area contributed by atoms with E-state index in [2.05, 4.69) is 10.1 Å². The van der Waals surface area contributed by atoms with Crippen molar-refractivity contribution < 1.29 is 17.3 Å². The Balaban J connectivity index is 1.79. The van der Waals surface area contributed by atoms with Crippen molar-refractivity contribution in [3.63, 3.8) is 0 Å². The van der Waals surface area contributed by atoms with Crippen LogP contribution in [-0.4, -0.2) is 18.6 Å². The lowest BCUT2D eigenvalue weighted by atomic mass is 10.2. The van der Waals surface area contributed by atoms with Crippen LogP contribution in [0.25, 0.3) is 11.4 Å². The molecule has 3 aromatic rings. The first-order valence-corrected chi connectivity index (χ1v) is 9.50. The van der Waals surface area contributed by atoms with E-state index >= 15 is 0 Å². The molecule has 2 aromatic carbocycles. The largest absolute Gasteiger partial charge is 0.338 e. The summed E-state index contributed by atoms with van der Waals surface area (Å²) < 4.78 is 43.1. The van der Waals surface area contributed by atoms with Gasteiger partial charge in [0.2, 0.25) is 11.7 Å². The molecule has 0 spiro atoms. The molecule has 0 saturated heterocycles. The highest BCUT2D eigenvalue weighted by Crippen LogP contribution is 2.26. The van der Waals surface area contributed by atoms with Crippen LogP contribution in [0, 0.1) is 5.82 Å². The molecular formula is C17H14ClFN2O3S. The molecule has 0 radical (unpaired) electrons. The number of halogens is 2. The van der Waals surface area contributed by atoms with Crippen LogP contribution in [0.15, 0.2) is 53.1 Å². The Morgan fingerprint density at radius 1 is 1.12 bits per heavy atom. The van der Waals surface area contributed by atoms with E-state index in [4.69, 9.17) is 16.1 Å². The second-order valence-corrected chi connectivity index (χ2v) is 8.28. The summed E-state index contributed by atoms with van der Waals surface area (Å²) in [5, 5.41) is 3.55. The lowest BCUT2D eigenvalue weighted by molar-refractivity contribution is 0.389. The Hall–Kier alpha value is -2.25. The van der Waals surface area contributed by atoms with E-state index in [0.717, 1.165) is 0 Å². The Labute approximate surface area is 149 Å². The first-order valence-electron chi connectivity index (χ1n) is 7.41. The maximum atomic E-state index is 13.0. The second-order valence-electron chi connectivity index (χ2n) is 5.52. The van der Waals surface area contributed by atoms with Gasteiger partial charge in [-0.2, -0.15) is 4.98 Å². The zero-order valence-electron chi connectivity index (χ0n) is 13.2. The van der Waals surface area contributed by atoms with Crippen LogP contribution in [0.1, 0.15) is 23.6 Å². The van der Waals surface area contributed by atoms with Crippen molar-refractivity contribution in [1.29, 1.82) is 0 Å². The van der Waals surface area contributed by atoms with Gasteiger partial charge in [0.1, 0.15) is 11.6 Å². The topological polar surface area (TPSA) is 73.1 Å². The lowest BCUT2D eigenvalue weighted by Gasteiger charge is -2.11. The van der Waals surface area contributed by atoms with E-state index in [1.165, 1.54) is 24.3 Å². The minimum Gasteiger partial charge on any atom is -0.338 e. The second kappa shape index (κ2) is 6.93. The van der Waals surface area contributed by atoms with Crippen molar-refractivity contribution in [2.75, 3.05) is 0 Å². The summed E-state index contributed by atoms with van der Waals surface area (Å²) in [6.07, 6.45) is 0. The van der Waals surface area contributed by atoms with Gasteiger partial charge in [-0.1, -0.05) is 28.9 Å². The van der Waals surface area contributed by atoms with Crippen LogP contribution in [0.3, 0.4) is 0 Å². The number of nitrogens with zero attached hydrogens (tertiary/aromatic N) is 2. The number of rotatable bonds is 5. The van der Waals surface area contributed by atoms with E-state index in [0.29, 0.717) is 16.1 Å². The normalized spacial score (nSPS) is 12.9. The molecule has 1 heterocycles. The van der Waals surface area contributed by atoms with Crippen molar-refractivity contribution in [1.82, 2.24) is 10.1 Å². The van der Waals surface area contributed by atoms with Crippen molar-refractivity contribution in [3.8, 4) is 11.4 Å². The quantitative estimate of drug-likeness (QED) is 0.663. The lowest BCUT2D eigenvalue weighted by Crippen LogP contribution is -2.13. The summed E-state index contributed by atoms with van der Waals surface area (Å²) in [6.45, 7) is 1.54. The highest BCUT2D eigenvalue weighted by molar-refractivity contribution is 7.90. The minimum absolute atomic E-state index is 0.00101. The smallest absolute Gasteiger partial charge is 0.242 e. The summed E-state index contributed by atoms with van der Waals surface area (Å²) in [5.41, 5.74) is 1.17. The highest BCUT2D eigenvalue weighted by atomic mass is 35.5. The number of sulfone groups is 1. The molecule has 0 amide bonds. The van der Waals surface area contributed by atoms with Gasteiger partial charge in [-0.15, -0.1) is 0 Å². The zero-order valence-corrected chi connectivity index (χ0v) is 14.8. The molecule has 1 unspecified atom stereocenters. The van der Waals surface area contributed by atoms with E-state index in [1.54, 1.807) is 31.2 Å². The van der Waals surface area contributed by atoms with Gasteiger partial charge in [0.05, 0.1) is 5.25 Å². The molecule has 3 rings (SSSR count). The number of hydrogen-bond donors (Lipinski definition) is 0. The Morgan fingerprint density at radius 2 is 1.76 bits per heavy atom. The van der Waals surface area contributed by atoms with Gasteiger partial charge in [-0.3, -0.25) is 0 Å². The molecule has 25 heavy (non-hydrogen) atoms. The van der Waals surface area contributed by atoms with Crippen molar-refractivity contribution >= 4 is 21.4 Å². The van der Waals surface area contributed by atoms with Crippen LogP contribution < -0.4 is 0 Å². The van der Waals surface area contributed by atoms with Crippen LogP contribution in [0.5, 0.6) is 0 Å². The van der Waals surface area contributed by atoms with E-state index < -0.39 is 26.7 Å². The molecular weight excluding hydrogens is 367 g/mol. The summed E-state index contributed by atoms with van der Waals surface area (Å²) in [6, 6.07) is 12.1. The maximum Gasteiger partial charge on any atom is 0.242 e. The Kier molecular flexibility index (Phi) is 4.87. The first kappa shape index (κ1) is 17.6. The average molecular weight is 381 g/mol. The minimum atomic E-state index is -3.59. The van der Waals surface area contributed by atoms with Crippen LogP contribution in [0.2, 0.25) is 5.02 Å².